The minimum Gasteiger partial charge on any atom is -0.365 e. The van der Waals surface area contributed by atoms with E-state index in [1.807, 2.05) is 36.9 Å². The highest BCUT2D eigenvalue weighted by molar-refractivity contribution is 6.32. The van der Waals surface area contributed by atoms with Crippen molar-refractivity contribution < 1.29 is 9.59 Å². The number of benzene rings is 2. The number of nitrogens with one attached hydrogen (secondary N) is 3. The van der Waals surface area contributed by atoms with E-state index >= 15 is 0 Å². The number of piperidine rings is 1. The number of fused-ring (bicyclic) bond motifs is 1. The van der Waals surface area contributed by atoms with Crippen LogP contribution >= 0.6 is 11.6 Å². The zero-order valence-electron chi connectivity index (χ0n) is 23.6. The second-order valence-corrected chi connectivity index (χ2v) is 11.7. The third kappa shape index (κ3) is 5.43. The zero-order valence-corrected chi connectivity index (χ0v) is 24.4. The Labute approximate surface area is 240 Å². The van der Waals surface area contributed by atoms with Crippen molar-refractivity contribution >= 4 is 46.7 Å². The number of urea groups is 1. The molecule has 2 aliphatic heterocycles. The minimum absolute atomic E-state index is 0.00668. The highest BCUT2D eigenvalue weighted by Crippen LogP contribution is 2.40. The van der Waals surface area contributed by atoms with Crippen molar-refractivity contribution in [2.24, 2.45) is 0 Å². The van der Waals surface area contributed by atoms with Crippen LogP contribution in [0.3, 0.4) is 0 Å². The van der Waals surface area contributed by atoms with Crippen LogP contribution in [0.1, 0.15) is 54.9 Å². The molecule has 5 rings (SSSR count). The number of likely N-dealkylation sites (tertiary alicyclic amines) is 1. The summed E-state index contributed by atoms with van der Waals surface area (Å²) in [5.41, 5.74) is 5.53. The summed E-state index contributed by atoms with van der Waals surface area (Å²) in [7, 11) is 3.59. The minimum atomic E-state index is -0.611. The number of amides is 3. The van der Waals surface area contributed by atoms with Gasteiger partial charge in [0.05, 0.1) is 11.6 Å². The van der Waals surface area contributed by atoms with E-state index in [2.05, 4.69) is 51.0 Å². The molecule has 0 aliphatic carbocycles. The fourth-order valence-corrected chi connectivity index (χ4v) is 5.76. The maximum Gasteiger partial charge on any atom is 0.319 e. The number of hydrogen-bond acceptors (Lipinski definition) is 6. The number of aromatic nitrogens is 2. The topological polar surface area (TPSA) is 102 Å². The van der Waals surface area contributed by atoms with Gasteiger partial charge in [-0.05, 0) is 73.9 Å². The molecule has 0 spiro atoms. The quantitative estimate of drug-likeness (QED) is 0.347. The molecule has 3 heterocycles. The Morgan fingerprint density at radius 2 is 1.95 bits per heavy atom. The molecule has 10 heteroatoms. The lowest BCUT2D eigenvalue weighted by Crippen LogP contribution is -2.43. The first-order chi connectivity index (χ1) is 19.0. The third-order valence-electron chi connectivity index (χ3n) is 7.90. The van der Waals surface area contributed by atoms with E-state index in [9.17, 15) is 9.59 Å². The predicted molar refractivity (Wildman–Crippen MR) is 160 cm³/mol. The normalized spacial score (nSPS) is 16.4. The van der Waals surface area contributed by atoms with E-state index in [0.29, 0.717) is 29.3 Å². The fraction of sp³-hybridized carbons (Fsp3) is 0.400. The number of nitrogens with zero attached hydrogens (tertiary/aromatic N) is 4. The van der Waals surface area contributed by atoms with Gasteiger partial charge in [0.15, 0.2) is 5.82 Å². The van der Waals surface area contributed by atoms with Gasteiger partial charge in [0, 0.05) is 45.1 Å². The zero-order chi connectivity index (χ0) is 28.6. The monoisotopic (exact) mass is 561 g/mol. The lowest BCUT2D eigenvalue weighted by Gasteiger charge is -2.34. The van der Waals surface area contributed by atoms with E-state index in [0.717, 1.165) is 54.0 Å². The predicted octanol–water partition coefficient (Wildman–Crippen LogP) is 5.88. The highest BCUT2D eigenvalue weighted by Gasteiger charge is 2.39. The van der Waals surface area contributed by atoms with E-state index in [1.54, 1.807) is 25.2 Å². The summed E-state index contributed by atoms with van der Waals surface area (Å²) in [6.07, 6.45) is 3.48. The van der Waals surface area contributed by atoms with Crippen molar-refractivity contribution in [3.8, 4) is 0 Å². The standard InChI is InChI=1S/C30H36ClN7O2/c1-18-15-20(19-11-13-38(14-12-19)29(40)37(4)5)9-10-23(18)35-28-33-17-22(31)26(36-28)32-16-21-7-6-8-24-25(21)30(2,3)27(39)34-24/h6-10,15,17,19H,11-14,16H2,1-5H3,(H,34,39)(H2,32,33,35,36). The molecule has 0 saturated carbocycles. The number of carbonyl (C=O) groups excluding carboxylic acids is 2. The first-order valence-electron chi connectivity index (χ1n) is 13.6. The average molecular weight is 562 g/mol. The number of anilines is 4. The van der Waals surface area contributed by atoms with Crippen molar-refractivity contribution in [1.29, 1.82) is 0 Å². The Kier molecular flexibility index (Phi) is 7.59. The Balaban J connectivity index is 1.26. The molecule has 0 unspecified atom stereocenters. The molecule has 2 aromatic carbocycles. The Morgan fingerprint density at radius 3 is 2.65 bits per heavy atom. The molecular weight excluding hydrogens is 526 g/mol. The molecule has 40 heavy (non-hydrogen) atoms. The molecule has 0 bridgehead atoms. The molecule has 1 aromatic heterocycles. The fourth-order valence-electron chi connectivity index (χ4n) is 5.60. The summed E-state index contributed by atoms with van der Waals surface area (Å²) in [6.45, 7) is 7.93. The van der Waals surface area contributed by atoms with Crippen LogP contribution in [0.5, 0.6) is 0 Å². The van der Waals surface area contributed by atoms with Gasteiger partial charge in [0.2, 0.25) is 11.9 Å². The van der Waals surface area contributed by atoms with Gasteiger partial charge in [-0.25, -0.2) is 9.78 Å². The van der Waals surface area contributed by atoms with E-state index < -0.39 is 5.41 Å². The second-order valence-electron chi connectivity index (χ2n) is 11.3. The maximum atomic E-state index is 12.5. The van der Waals surface area contributed by atoms with Crippen LogP contribution in [0.2, 0.25) is 5.02 Å². The lowest BCUT2D eigenvalue weighted by atomic mass is 9.83. The third-order valence-corrected chi connectivity index (χ3v) is 8.17. The number of rotatable bonds is 6. The van der Waals surface area contributed by atoms with Crippen molar-refractivity contribution in [3.05, 3.63) is 69.9 Å². The van der Waals surface area contributed by atoms with Gasteiger partial charge in [-0.3, -0.25) is 4.79 Å². The summed E-state index contributed by atoms with van der Waals surface area (Å²) in [4.78, 5) is 37.3. The number of hydrogen-bond donors (Lipinski definition) is 3. The van der Waals surface area contributed by atoms with Gasteiger partial charge in [-0.15, -0.1) is 0 Å². The second kappa shape index (κ2) is 11.0. The molecule has 1 saturated heterocycles. The Bertz CT molecular complexity index is 1450. The molecule has 9 nitrogen and oxygen atoms in total. The molecule has 0 atom stereocenters. The van der Waals surface area contributed by atoms with Gasteiger partial charge in [-0.1, -0.05) is 35.9 Å². The smallest absolute Gasteiger partial charge is 0.319 e. The molecule has 3 N–H and O–H groups in total. The molecule has 3 aromatic rings. The summed E-state index contributed by atoms with van der Waals surface area (Å²) in [5, 5.41) is 10.0. The van der Waals surface area contributed by atoms with Crippen molar-refractivity contribution in [2.75, 3.05) is 43.1 Å². The van der Waals surface area contributed by atoms with Gasteiger partial charge in [0.1, 0.15) is 5.02 Å². The van der Waals surface area contributed by atoms with Crippen LogP contribution in [0.4, 0.5) is 27.9 Å². The van der Waals surface area contributed by atoms with Crippen LogP contribution in [0.25, 0.3) is 0 Å². The Morgan fingerprint density at radius 1 is 1.20 bits per heavy atom. The van der Waals surface area contributed by atoms with Crippen LogP contribution in [0, 0.1) is 6.92 Å². The van der Waals surface area contributed by atoms with Crippen molar-refractivity contribution in [1.82, 2.24) is 19.8 Å². The van der Waals surface area contributed by atoms with Crippen molar-refractivity contribution in [3.63, 3.8) is 0 Å². The van der Waals surface area contributed by atoms with Gasteiger partial charge in [-0.2, -0.15) is 4.98 Å². The summed E-state index contributed by atoms with van der Waals surface area (Å²) >= 11 is 6.44. The molecule has 2 aliphatic rings. The summed E-state index contributed by atoms with van der Waals surface area (Å²) in [6, 6.07) is 12.4. The first-order valence-corrected chi connectivity index (χ1v) is 14.0. The number of halogens is 1. The molecule has 0 radical (unpaired) electrons. The van der Waals surface area contributed by atoms with Gasteiger partial charge in [0.25, 0.3) is 0 Å². The van der Waals surface area contributed by atoms with Gasteiger partial charge < -0.3 is 25.8 Å². The molecular formula is C30H36ClN7O2. The van der Waals surface area contributed by atoms with Crippen LogP contribution in [0.15, 0.2) is 42.6 Å². The average Bonchev–Trinajstić information content (AvgIpc) is 3.17. The molecule has 3 amide bonds. The van der Waals surface area contributed by atoms with Crippen molar-refractivity contribution in [2.45, 2.75) is 51.5 Å². The van der Waals surface area contributed by atoms with Crippen LogP contribution in [-0.4, -0.2) is 58.9 Å². The maximum absolute atomic E-state index is 12.5. The van der Waals surface area contributed by atoms with E-state index in [4.69, 9.17) is 11.6 Å². The highest BCUT2D eigenvalue weighted by atomic mass is 35.5. The Hall–Kier alpha value is -3.85. The molecule has 210 valence electrons. The molecule has 1 fully saturated rings. The first kappa shape index (κ1) is 27.7. The van der Waals surface area contributed by atoms with E-state index in [-0.39, 0.29) is 11.9 Å². The van der Waals surface area contributed by atoms with E-state index in [1.165, 1.54) is 5.56 Å². The lowest BCUT2D eigenvalue weighted by molar-refractivity contribution is -0.119. The number of carbonyl (C=O) groups is 2. The number of aryl methyl sites for hydroxylation is 1. The summed E-state index contributed by atoms with van der Waals surface area (Å²) in [5.74, 6) is 1.37. The summed E-state index contributed by atoms with van der Waals surface area (Å²) < 4.78 is 0. The SMILES string of the molecule is Cc1cc(C2CCN(C(=O)N(C)C)CC2)ccc1Nc1ncc(Cl)c(NCc2cccc3c2C(C)(C)C(=O)N3)n1. The van der Waals surface area contributed by atoms with Gasteiger partial charge >= 0.3 is 6.03 Å². The largest absolute Gasteiger partial charge is 0.365 e. The van der Waals surface area contributed by atoms with Crippen LogP contribution < -0.4 is 16.0 Å². The van der Waals surface area contributed by atoms with Crippen LogP contribution in [-0.2, 0) is 16.8 Å².